The summed E-state index contributed by atoms with van der Waals surface area (Å²) in [5.74, 6) is 0. The number of aryl methyl sites for hydroxylation is 4. The Kier molecular flexibility index (Phi) is 25.7. The van der Waals surface area contributed by atoms with Crippen LogP contribution in [0.15, 0.2) is 84.9 Å². The van der Waals surface area contributed by atoms with Gasteiger partial charge in [0.2, 0.25) is 0 Å². The third-order valence-corrected chi connectivity index (χ3v) is 13.1. The van der Waals surface area contributed by atoms with Crippen molar-refractivity contribution >= 4 is 11.4 Å². The van der Waals surface area contributed by atoms with Crippen LogP contribution in [0.1, 0.15) is 225 Å². The zero-order valence-corrected chi connectivity index (χ0v) is 38.9. The van der Waals surface area contributed by atoms with Crippen LogP contribution in [0.4, 0.5) is 11.4 Å². The van der Waals surface area contributed by atoms with Crippen LogP contribution in [-0.2, 0) is 38.5 Å². The van der Waals surface area contributed by atoms with Gasteiger partial charge in [-0.05, 0) is 133 Å². The summed E-state index contributed by atoms with van der Waals surface area (Å²) in [4.78, 5) is 0. The van der Waals surface area contributed by atoms with Crippen LogP contribution in [0.5, 0.6) is 0 Å². The SMILES string of the molecule is CCCCCCc1cc(CCCCCCCCCCCCCCCCCCCCc2ccc(Cc3ccc(N)cc3)c(CCCCCC)c2)ccc1Cc1ccc(N)cc1. The summed E-state index contributed by atoms with van der Waals surface area (Å²) < 4.78 is 0. The van der Waals surface area contributed by atoms with E-state index in [1.54, 1.807) is 22.3 Å². The zero-order chi connectivity index (χ0) is 42.3. The second-order valence-electron chi connectivity index (χ2n) is 18.5. The van der Waals surface area contributed by atoms with Crippen molar-refractivity contribution in [1.82, 2.24) is 0 Å². The summed E-state index contributed by atoms with van der Waals surface area (Å²) in [6, 6.07) is 31.6. The normalized spacial score (nSPS) is 11.4. The fraction of sp³-hybridized carbons (Fsp3) is 0.586. The highest BCUT2D eigenvalue weighted by molar-refractivity contribution is 5.43. The topological polar surface area (TPSA) is 52.0 Å². The standard InChI is InChI=1S/C58H88N2/c1-3-5-7-27-31-53-45-49(33-39-55(53)47-51-35-41-57(59)42-36-51)29-25-23-21-19-17-15-13-11-9-10-12-14-16-18-20-22-24-26-30-50-34-40-56(48-52-37-43-58(60)44-38-52)54(46-50)32-28-8-6-4-2/h33-46H,3-32,47-48,59-60H2,1-2H3. The lowest BCUT2D eigenvalue weighted by Gasteiger charge is -2.13. The van der Waals surface area contributed by atoms with E-state index in [0.29, 0.717) is 0 Å². The monoisotopic (exact) mass is 813 g/mol. The van der Waals surface area contributed by atoms with Crippen molar-refractivity contribution in [1.29, 1.82) is 0 Å². The number of hydrogen-bond acceptors (Lipinski definition) is 2. The molecule has 0 aromatic heterocycles. The van der Waals surface area contributed by atoms with Gasteiger partial charge in [-0.1, -0.05) is 216 Å². The Morgan fingerprint density at radius 3 is 0.850 bits per heavy atom. The van der Waals surface area contributed by atoms with Crippen molar-refractivity contribution in [3.8, 4) is 0 Å². The zero-order valence-electron chi connectivity index (χ0n) is 38.9. The third-order valence-electron chi connectivity index (χ3n) is 13.1. The number of nitrogens with two attached hydrogens (primary N) is 2. The van der Waals surface area contributed by atoms with E-state index in [4.69, 9.17) is 11.5 Å². The van der Waals surface area contributed by atoms with Crippen molar-refractivity contribution in [2.75, 3.05) is 11.5 Å². The van der Waals surface area contributed by atoms with E-state index in [1.165, 1.54) is 215 Å². The van der Waals surface area contributed by atoms with Crippen LogP contribution in [0.25, 0.3) is 0 Å². The molecule has 0 amide bonds. The van der Waals surface area contributed by atoms with Gasteiger partial charge in [-0.3, -0.25) is 0 Å². The molecule has 2 nitrogen and oxygen atoms in total. The van der Waals surface area contributed by atoms with Crippen LogP contribution in [0.2, 0.25) is 0 Å². The summed E-state index contributed by atoms with van der Waals surface area (Å²) in [7, 11) is 0. The first-order valence-electron chi connectivity index (χ1n) is 25.4. The van der Waals surface area contributed by atoms with Crippen LogP contribution in [0, 0.1) is 0 Å². The highest BCUT2D eigenvalue weighted by atomic mass is 14.5. The van der Waals surface area contributed by atoms with Crippen LogP contribution < -0.4 is 11.5 Å². The maximum Gasteiger partial charge on any atom is 0.0314 e. The largest absolute Gasteiger partial charge is 0.399 e. The summed E-state index contributed by atoms with van der Waals surface area (Å²) in [5, 5.41) is 0. The molecule has 0 spiro atoms. The van der Waals surface area contributed by atoms with Gasteiger partial charge in [0.05, 0.1) is 0 Å². The van der Waals surface area contributed by atoms with Crippen molar-refractivity contribution < 1.29 is 0 Å². The van der Waals surface area contributed by atoms with E-state index in [1.807, 2.05) is 24.3 Å². The van der Waals surface area contributed by atoms with Gasteiger partial charge in [0, 0.05) is 11.4 Å². The average molecular weight is 813 g/mol. The van der Waals surface area contributed by atoms with Gasteiger partial charge < -0.3 is 11.5 Å². The third kappa shape index (κ3) is 21.3. The lowest BCUT2D eigenvalue weighted by atomic mass is 9.92. The summed E-state index contributed by atoms with van der Waals surface area (Å²) in [5.41, 5.74) is 25.5. The lowest BCUT2D eigenvalue weighted by molar-refractivity contribution is 0.524. The second kappa shape index (κ2) is 31.3. The average Bonchev–Trinajstić information content (AvgIpc) is 3.26. The van der Waals surface area contributed by atoms with Gasteiger partial charge in [-0.2, -0.15) is 0 Å². The Morgan fingerprint density at radius 2 is 0.533 bits per heavy atom. The predicted molar refractivity (Wildman–Crippen MR) is 266 cm³/mol. The first-order chi connectivity index (χ1) is 29.5. The van der Waals surface area contributed by atoms with Crippen LogP contribution >= 0.6 is 0 Å². The van der Waals surface area contributed by atoms with Gasteiger partial charge in [0.1, 0.15) is 0 Å². The van der Waals surface area contributed by atoms with E-state index in [2.05, 4.69) is 74.5 Å². The Labute approximate surface area is 370 Å². The van der Waals surface area contributed by atoms with Gasteiger partial charge in [-0.25, -0.2) is 0 Å². The molecular formula is C58H88N2. The number of benzene rings is 4. The maximum absolute atomic E-state index is 5.94. The molecule has 2 heteroatoms. The molecular weight excluding hydrogens is 725 g/mol. The molecule has 60 heavy (non-hydrogen) atoms. The van der Waals surface area contributed by atoms with E-state index < -0.39 is 0 Å². The van der Waals surface area contributed by atoms with Crippen LogP contribution in [0.3, 0.4) is 0 Å². The molecule has 0 bridgehead atoms. The molecule has 0 aliphatic carbocycles. The maximum atomic E-state index is 5.94. The summed E-state index contributed by atoms with van der Waals surface area (Å²) in [6.45, 7) is 4.60. The first-order valence-corrected chi connectivity index (χ1v) is 25.4. The lowest BCUT2D eigenvalue weighted by Crippen LogP contribution is -1.99. The van der Waals surface area contributed by atoms with Gasteiger partial charge in [-0.15, -0.1) is 0 Å². The Morgan fingerprint density at radius 1 is 0.267 bits per heavy atom. The number of rotatable bonds is 35. The molecule has 0 fully saturated rings. The fourth-order valence-corrected chi connectivity index (χ4v) is 9.16. The summed E-state index contributed by atoms with van der Waals surface area (Å²) >= 11 is 0. The van der Waals surface area contributed by atoms with Gasteiger partial charge >= 0.3 is 0 Å². The van der Waals surface area contributed by atoms with E-state index >= 15 is 0 Å². The minimum atomic E-state index is 0.848. The van der Waals surface area contributed by atoms with E-state index in [9.17, 15) is 0 Å². The molecule has 4 aromatic rings. The molecule has 0 unspecified atom stereocenters. The minimum absolute atomic E-state index is 0.848. The number of anilines is 2. The molecule has 0 aliphatic heterocycles. The van der Waals surface area contributed by atoms with Crippen molar-refractivity contribution in [3.63, 3.8) is 0 Å². The number of hydrogen-bond donors (Lipinski definition) is 2. The van der Waals surface area contributed by atoms with Crippen molar-refractivity contribution in [2.45, 2.75) is 219 Å². The van der Waals surface area contributed by atoms with Crippen molar-refractivity contribution in [2.24, 2.45) is 0 Å². The molecule has 0 atom stereocenters. The van der Waals surface area contributed by atoms with Crippen LogP contribution in [-0.4, -0.2) is 0 Å². The second-order valence-corrected chi connectivity index (χ2v) is 18.5. The fourth-order valence-electron chi connectivity index (χ4n) is 9.16. The molecule has 0 radical (unpaired) electrons. The Balaban J connectivity index is 0.955. The molecule has 0 saturated carbocycles. The van der Waals surface area contributed by atoms with E-state index in [0.717, 1.165) is 24.2 Å². The quantitative estimate of drug-likeness (QED) is 0.0359. The molecule has 4 rings (SSSR count). The number of nitrogen functional groups attached to an aromatic ring is 2. The van der Waals surface area contributed by atoms with Gasteiger partial charge in [0.15, 0.2) is 0 Å². The molecule has 330 valence electrons. The predicted octanol–water partition coefficient (Wildman–Crippen LogP) is 17.1. The summed E-state index contributed by atoms with van der Waals surface area (Å²) in [6.07, 6.45) is 42.9. The van der Waals surface area contributed by atoms with E-state index in [-0.39, 0.29) is 0 Å². The van der Waals surface area contributed by atoms with Crippen molar-refractivity contribution in [3.05, 3.63) is 129 Å². The first kappa shape index (κ1) is 49.1. The smallest absolute Gasteiger partial charge is 0.0314 e. The highest BCUT2D eigenvalue weighted by Gasteiger charge is 2.09. The van der Waals surface area contributed by atoms with Gasteiger partial charge in [0.25, 0.3) is 0 Å². The highest BCUT2D eigenvalue weighted by Crippen LogP contribution is 2.24. The molecule has 4 N–H and O–H groups in total. The molecule has 0 saturated heterocycles. The minimum Gasteiger partial charge on any atom is -0.399 e. The Hall–Kier alpha value is -3.52. The molecule has 0 aliphatic rings. The Bertz CT molecular complexity index is 1530. The molecule has 0 heterocycles. The number of unbranched alkanes of at least 4 members (excludes halogenated alkanes) is 23. The molecule has 4 aromatic carbocycles.